The summed E-state index contributed by atoms with van der Waals surface area (Å²) in [5, 5.41) is 15.4. The van der Waals surface area contributed by atoms with E-state index in [0.717, 1.165) is 46.8 Å². The van der Waals surface area contributed by atoms with Crippen LogP contribution in [-0.4, -0.2) is 59.8 Å². The minimum atomic E-state index is -0.382. The molecule has 0 saturated heterocycles. The normalized spacial score (nSPS) is 13.1. The maximum absolute atomic E-state index is 13.0. The number of anilines is 1. The predicted octanol–water partition coefficient (Wildman–Crippen LogP) is 1.75. The highest BCUT2D eigenvalue weighted by Gasteiger charge is 2.27. The number of nitrogens with zero attached hydrogens (tertiary/aromatic N) is 8. The lowest BCUT2D eigenvalue weighted by Crippen LogP contribution is -2.35. The summed E-state index contributed by atoms with van der Waals surface area (Å²) in [5.41, 5.74) is 3.48. The molecule has 1 N–H and O–H groups in total. The molecule has 2 amide bonds. The number of imidazole rings is 1. The maximum atomic E-state index is 13.0. The summed E-state index contributed by atoms with van der Waals surface area (Å²) >= 11 is 0. The first-order chi connectivity index (χ1) is 17.5. The van der Waals surface area contributed by atoms with E-state index in [0.29, 0.717) is 25.3 Å². The van der Waals surface area contributed by atoms with Crippen molar-refractivity contribution in [1.82, 2.24) is 39.4 Å². The van der Waals surface area contributed by atoms with E-state index >= 15 is 0 Å². The van der Waals surface area contributed by atoms with Crippen LogP contribution in [-0.2, 0) is 49.1 Å². The molecule has 1 aliphatic rings. The first-order valence-corrected chi connectivity index (χ1v) is 11.9. The molecule has 0 bridgehead atoms. The van der Waals surface area contributed by atoms with Gasteiger partial charge in [0.1, 0.15) is 18.2 Å². The van der Waals surface area contributed by atoms with Crippen LogP contribution in [0.4, 0.5) is 10.5 Å². The van der Waals surface area contributed by atoms with Gasteiger partial charge in [-0.15, -0.1) is 10.2 Å². The van der Waals surface area contributed by atoms with E-state index in [9.17, 15) is 9.59 Å². The molecule has 188 valence electrons. The van der Waals surface area contributed by atoms with Crippen LogP contribution in [0.1, 0.15) is 29.5 Å². The predicted molar refractivity (Wildman–Crippen MR) is 131 cm³/mol. The molecular formula is C24H29N9O3. The fourth-order valence-corrected chi connectivity index (χ4v) is 4.61. The van der Waals surface area contributed by atoms with Crippen LogP contribution in [0.2, 0.25) is 0 Å². The van der Waals surface area contributed by atoms with Crippen LogP contribution in [0.3, 0.4) is 0 Å². The minimum absolute atomic E-state index is 0.112. The van der Waals surface area contributed by atoms with Crippen LogP contribution in [0, 0.1) is 6.92 Å². The fraction of sp³-hybridized carbons (Fsp3) is 0.417. The Balaban J connectivity index is 1.46. The number of methoxy groups -OCH3 is 1. The number of carbonyl (C=O) groups is 2. The summed E-state index contributed by atoms with van der Waals surface area (Å²) in [6.45, 7) is 3.49. The monoisotopic (exact) mass is 491 g/mol. The number of rotatable bonds is 7. The molecule has 0 aliphatic carbocycles. The molecule has 0 unspecified atom stereocenters. The lowest BCUT2D eigenvalue weighted by atomic mass is 10.0. The quantitative estimate of drug-likeness (QED) is 0.417. The number of aromatic nitrogens is 7. The topological polar surface area (TPSA) is 125 Å². The highest BCUT2D eigenvalue weighted by molar-refractivity contribution is 5.95. The molecule has 0 saturated carbocycles. The Morgan fingerprint density at radius 1 is 1.19 bits per heavy atom. The van der Waals surface area contributed by atoms with Gasteiger partial charge in [0.2, 0.25) is 5.91 Å². The van der Waals surface area contributed by atoms with Gasteiger partial charge in [-0.1, -0.05) is 0 Å². The smallest absolute Gasteiger partial charge is 0.414 e. The second-order valence-corrected chi connectivity index (χ2v) is 8.79. The van der Waals surface area contributed by atoms with Crippen molar-refractivity contribution in [3.8, 4) is 0 Å². The minimum Gasteiger partial charge on any atom is -0.452 e. The first-order valence-electron chi connectivity index (χ1n) is 11.9. The van der Waals surface area contributed by atoms with Crippen molar-refractivity contribution in [2.24, 2.45) is 7.05 Å². The zero-order valence-corrected chi connectivity index (χ0v) is 20.6. The van der Waals surface area contributed by atoms with Crippen molar-refractivity contribution in [1.29, 1.82) is 0 Å². The van der Waals surface area contributed by atoms with E-state index in [-0.39, 0.29) is 25.1 Å². The van der Waals surface area contributed by atoms with Gasteiger partial charge in [-0.3, -0.25) is 14.4 Å². The number of benzene rings is 1. The molecule has 12 nitrogen and oxygen atoms in total. The zero-order chi connectivity index (χ0) is 25.2. The number of aryl methyl sites for hydroxylation is 4. The van der Waals surface area contributed by atoms with Gasteiger partial charge in [0.25, 0.3) is 0 Å². The Morgan fingerprint density at radius 2 is 2.06 bits per heavy atom. The van der Waals surface area contributed by atoms with Crippen molar-refractivity contribution in [2.45, 2.75) is 45.8 Å². The average molecular weight is 492 g/mol. The summed E-state index contributed by atoms with van der Waals surface area (Å²) in [4.78, 5) is 32.0. The van der Waals surface area contributed by atoms with Gasteiger partial charge in [-0.05, 0) is 38.0 Å². The van der Waals surface area contributed by atoms with E-state index < -0.39 is 0 Å². The second kappa shape index (κ2) is 9.80. The molecule has 0 fully saturated rings. The Bertz CT molecular complexity index is 1400. The molecule has 5 rings (SSSR count). The lowest BCUT2D eigenvalue weighted by molar-refractivity contribution is -0.121. The Labute approximate surface area is 207 Å². The highest BCUT2D eigenvalue weighted by atomic mass is 16.5. The van der Waals surface area contributed by atoms with E-state index in [1.165, 1.54) is 7.11 Å². The lowest BCUT2D eigenvalue weighted by Gasteiger charge is -2.28. The standard InChI is InChI=1S/C24H29N9O3/c1-16-28-29-21(30(16)2)14-25-22(34)15-33-19-8-7-18-17(6-4-12-32(18)24(35)36-3)23(19)27-20(33)9-13-31-11-5-10-26-31/h5,7-8,10-11H,4,6,9,12-15H2,1-3H3,(H,25,34). The van der Waals surface area contributed by atoms with Gasteiger partial charge in [0, 0.05) is 44.5 Å². The van der Waals surface area contributed by atoms with Crippen LogP contribution in [0.25, 0.3) is 11.0 Å². The molecule has 4 aromatic rings. The van der Waals surface area contributed by atoms with Gasteiger partial charge in [-0.2, -0.15) is 5.10 Å². The number of ether oxygens (including phenoxy) is 1. The van der Waals surface area contributed by atoms with Crippen LogP contribution < -0.4 is 10.2 Å². The molecule has 0 atom stereocenters. The van der Waals surface area contributed by atoms with Crippen molar-refractivity contribution < 1.29 is 14.3 Å². The SMILES string of the molecule is COC(=O)N1CCCc2c1ccc1c2nc(CCn2cccn2)n1CC(=O)NCc1nnc(C)n1C. The van der Waals surface area contributed by atoms with Gasteiger partial charge in [0.15, 0.2) is 5.82 Å². The molecule has 1 aromatic carbocycles. The maximum Gasteiger partial charge on any atom is 0.414 e. The number of fused-ring (bicyclic) bond motifs is 3. The summed E-state index contributed by atoms with van der Waals surface area (Å²) < 4.78 is 10.6. The van der Waals surface area contributed by atoms with Gasteiger partial charge in [-0.25, -0.2) is 9.78 Å². The molecule has 36 heavy (non-hydrogen) atoms. The zero-order valence-electron chi connectivity index (χ0n) is 20.6. The molecule has 0 radical (unpaired) electrons. The largest absolute Gasteiger partial charge is 0.452 e. The first kappa shape index (κ1) is 23.5. The Morgan fingerprint density at radius 3 is 2.78 bits per heavy atom. The highest BCUT2D eigenvalue weighted by Crippen LogP contribution is 2.34. The second-order valence-electron chi connectivity index (χ2n) is 8.79. The molecule has 1 aliphatic heterocycles. The fourth-order valence-electron chi connectivity index (χ4n) is 4.61. The summed E-state index contributed by atoms with van der Waals surface area (Å²) in [6, 6.07) is 5.73. The Hall–Kier alpha value is -4.22. The third-order valence-corrected chi connectivity index (χ3v) is 6.63. The molecular weight excluding hydrogens is 462 g/mol. The van der Waals surface area contributed by atoms with Crippen molar-refractivity contribution in [3.05, 3.63) is 53.6 Å². The third kappa shape index (κ3) is 4.41. The number of hydrogen-bond donors (Lipinski definition) is 1. The molecule has 4 heterocycles. The van der Waals surface area contributed by atoms with Gasteiger partial charge < -0.3 is 19.2 Å². The Kier molecular flexibility index (Phi) is 6.40. The third-order valence-electron chi connectivity index (χ3n) is 6.63. The van der Waals surface area contributed by atoms with Crippen molar-refractivity contribution >= 4 is 28.7 Å². The summed E-state index contributed by atoms with van der Waals surface area (Å²) in [7, 11) is 3.26. The summed E-state index contributed by atoms with van der Waals surface area (Å²) in [6.07, 6.45) is 5.47. The van der Waals surface area contributed by atoms with Crippen LogP contribution >= 0.6 is 0 Å². The van der Waals surface area contributed by atoms with Gasteiger partial charge >= 0.3 is 6.09 Å². The van der Waals surface area contributed by atoms with E-state index in [1.54, 1.807) is 11.1 Å². The summed E-state index contributed by atoms with van der Waals surface area (Å²) in [5.74, 6) is 2.11. The van der Waals surface area contributed by atoms with E-state index in [4.69, 9.17) is 9.72 Å². The van der Waals surface area contributed by atoms with Crippen LogP contribution in [0.5, 0.6) is 0 Å². The van der Waals surface area contributed by atoms with E-state index in [1.807, 2.05) is 52.2 Å². The van der Waals surface area contributed by atoms with Crippen molar-refractivity contribution in [2.75, 3.05) is 18.6 Å². The average Bonchev–Trinajstić information content (AvgIpc) is 3.61. The van der Waals surface area contributed by atoms with E-state index in [2.05, 4.69) is 20.6 Å². The number of amides is 2. The molecule has 12 heteroatoms. The number of carbonyl (C=O) groups excluding carboxylic acids is 2. The van der Waals surface area contributed by atoms with Crippen molar-refractivity contribution in [3.63, 3.8) is 0 Å². The van der Waals surface area contributed by atoms with Gasteiger partial charge in [0.05, 0.1) is 30.4 Å². The number of nitrogens with one attached hydrogen (secondary N) is 1. The number of hydrogen-bond acceptors (Lipinski definition) is 7. The van der Waals surface area contributed by atoms with Crippen LogP contribution in [0.15, 0.2) is 30.6 Å². The molecule has 0 spiro atoms. The molecule has 3 aromatic heterocycles.